The summed E-state index contributed by atoms with van der Waals surface area (Å²) in [6.07, 6.45) is 4.50. The topological polar surface area (TPSA) is 57.5 Å². The monoisotopic (exact) mass is 234 g/mol. The molecular weight excluding hydrogens is 216 g/mol. The first-order chi connectivity index (χ1) is 8.15. The number of hydrogen-bond acceptors (Lipinski definition) is 2. The van der Waals surface area contributed by atoms with Crippen molar-refractivity contribution < 1.29 is 15.0 Å². The third-order valence-electron chi connectivity index (χ3n) is 3.61. The van der Waals surface area contributed by atoms with Crippen LogP contribution in [0.5, 0.6) is 5.75 Å². The Hall–Kier alpha value is -1.51. The predicted molar refractivity (Wildman–Crippen MR) is 65.1 cm³/mol. The van der Waals surface area contributed by atoms with Crippen LogP contribution in [0.25, 0.3) is 0 Å². The molecule has 1 fully saturated rings. The highest BCUT2D eigenvalue weighted by Gasteiger charge is 2.24. The summed E-state index contributed by atoms with van der Waals surface area (Å²) >= 11 is 0. The average Bonchev–Trinajstić information content (AvgIpc) is 2.29. The summed E-state index contributed by atoms with van der Waals surface area (Å²) in [6.45, 7) is 0. The summed E-state index contributed by atoms with van der Waals surface area (Å²) < 4.78 is 0. The number of carboxylic acid groups (broad SMARTS) is 1. The number of phenolic OH excluding ortho intramolecular Hbond substituents is 1. The lowest BCUT2D eigenvalue weighted by Crippen LogP contribution is -2.17. The highest BCUT2D eigenvalue weighted by Crippen LogP contribution is 2.37. The fourth-order valence-electron chi connectivity index (χ4n) is 2.77. The van der Waals surface area contributed by atoms with Crippen LogP contribution >= 0.6 is 0 Å². The molecule has 2 N–H and O–H groups in total. The van der Waals surface area contributed by atoms with E-state index in [9.17, 15) is 9.90 Å². The van der Waals surface area contributed by atoms with Crippen molar-refractivity contribution in [3.05, 3.63) is 29.8 Å². The second-order valence-corrected chi connectivity index (χ2v) is 4.92. The number of phenols is 1. The molecule has 1 aliphatic rings. The van der Waals surface area contributed by atoms with Crippen LogP contribution in [0.3, 0.4) is 0 Å². The van der Waals surface area contributed by atoms with Gasteiger partial charge >= 0.3 is 5.97 Å². The van der Waals surface area contributed by atoms with E-state index in [0.717, 1.165) is 25.7 Å². The number of hydrogen-bond donors (Lipinski definition) is 2. The van der Waals surface area contributed by atoms with Gasteiger partial charge < -0.3 is 10.2 Å². The first-order valence-electron chi connectivity index (χ1n) is 6.16. The van der Waals surface area contributed by atoms with Gasteiger partial charge in [-0.05, 0) is 48.8 Å². The summed E-state index contributed by atoms with van der Waals surface area (Å²) in [7, 11) is 0. The molecule has 3 nitrogen and oxygen atoms in total. The van der Waals surface area contributed by atoms with Gasteiger partial charge in [-0.3, -0.25) is 4.79 Å². The van der Waals surface area contributed by atoms with E-state index >= 15 is 0 Å². The molecule has 2 unspecified atom stereocenters. The molecule has 3 heteroatoms. The lowest BCUT2D eigenvalue weighted by Gasteiger charge is -2.28. The Morgan fingerprint density at radius 3 is 2.59 bits per heavy atom. The van der Waals surface area contributed by atoms with Gasteiger partial charge in [0.15, 0.2) is 0 Å². The zero-order chi connectivity index (χ0) is 12.3. The van der Waals surface area contributed by atoms with E-state index in [1.165, 1.54) is 5.56 Å². The van der Waals surface area contributed by atoms with E-state index in [2.05, 4.69) is 0 Å². The second kappa shape index (κ2) is 5.21. The average molecular weight is 234 g/mol. The van der Waals surface area contributed by atoms with E-state index in [4.69, 9.17) is 5.11 Å². The molecule has 0 aromatic heterocycles. The van der Waals surface area contributed by atoms with Gasteiger partial charge in [0.25, 0.3) is 0 Å². The summed E-state index contributed by atoms with van der Waals surface area (Å²) in [6, 6.07) is 7.30. The molecule has 0 saturated heterocycles. The third kappa shape index (κ3) is 3.22. The SMILES string of the molecule is O=C(O)CC1CCCC(c2ccc(O)cc2)C1. The van der Waals surface area contributed by atoms with Gasteiger partial charge in [0.1, 0.15) is 5.75 Å². The van der Waals surface area contributed by atoms with Crippen LogP contribution < -0.4 is 0 Å². The highest BCUT2D eigenvalue weighted by molar-refractivity contribution is 5.67. The summed E-state index contributed by atoms with van der Waals surface area (Å²) in [5.74, 6) is 0.349. The third-order valence-corrected chi connectivity index (χ3v) is 3.61. The number of carbonyl (C=O) groups is 1. The summed E-state index contributed by atoms with van der Waals surface area (Å²) in [5.41, 5.74) is 1.22. The molecule has 0 heterocycles. The molecule has 1 saturated carbocycles. The van der Waals surface area contributed by atoms with Crippen LogP contribution in [-0.2, 0) is 4.79 Å². The maximum Gasteiger partial charge on any atom is 0.303 e. The van der Waals surface area contributed by atoms with Gasteiger partial charge in [-0.2, -0.15) is 0 Å². The molecule has 0 radical (unpaired) electrons. The van der Waals surface area contributed by atoms with Crippen LogP contribution in [0.2, 0.25) is 0 Å². The number of rotatable bonds is 3. The van der Waals surface area contributed by atoms with Crippen LogP contribution in [0.1, 0.15) is 43.6 Å². The summed E-state index contributed by atoms with van der Waals surface area (Å²) in [5, 5.41) is 18.1. The Bertz CT molecular complexity index is 383. The number of aromatic hydroxyl groups is 1. The van der Waals surface area contributed by atoms with Gasteiger partial charge in [0.2, 0.25) is 0 Å². The van der Waals surface area contributed by atoms with Crippen LogP contribution in [-0.4, -0.2) is 16.2 Å². The Kier molecular flexibility index (Phi) is 3.67. The maximum atomic E-state index is 10.7. The minimum atomic E-state index is -0.693. The molecule has 0 aliphatic heterocycles. The van der Waals surface area contributed by atoms with Gasteiger partial charge in [-0.1, -0.05) is 18.6 Å². The molecule has 2 atom stereocenters. The van der Waals surface area contributed by atoms with E-state index in [-0.39, 0.29) is 12.2 Å². The van der Waals surface area contributed by atoms with Crippen molar-refractivity contribution in [3.8, 4) is 5.75 Å². The number of aliphatic carboxylic acids is 1. The Morgan fingerprint density at radius 1 is 1.24 bits per heavy atom. The first-order valence-corrected chi connectivity index (χ1v) is 6.16. The smallest absolute Gasteiger partial charge is 0.303 e. The molecule has 2 rings (SSSR count). The van der Waals surface area contributed by atoms with Crippen molar-refractivity contribution in [2.24, 2.45) is 5.92 Å². The Morgan fingerprint density at radius 2 is 1.94 bits per heavy atom. The predicted octanol–water partition coefficient (Wildman–Crippen LogP) is 3.14. The first kappa shape index (κ1) is 12.0. The molecular formula is C14H18O3. The minimum absolute atomic E-state index is 0.284. The normalized spacial score (nSPS) is 24.5. The zero-order valence-electron chi connectivity index (χ0n) is 9.80. The van der Waals surface area contributed by atoms with Crippen molar-refractivity contribution in [1.29, 1.82) is 0 Å². The summed E-state index contributed by atoms with van der Waals surface area (Å²) in [4.78, 5) is 10.7. The van der Waals surface area contributed by atoms with Gasteiger partial charge in [-0.25, -0.2) is 0 Å². The van der Waals surface area contributed by atoms with Gasteiger partial charge in [0, 0.05) is 6.42 Å². The van der Waals surface area contributed by atoms with Crippen LogP contribution in [0.15, 0.2) is 24.3 Å². The van der Waals surface area contributed by atoms with Crippen molar-refractivity contribution in [1.82, 2.24) is 0 Å². The zero-order valence-corrected chi connectivity index (χ0v) is 9.80. The number of benzene rings is 1. The number of carboxylic acids is 1. The molecule has 92 valence electrons. The van der Waals surface area contributed by atoms with E-state index in [0.29, 0.717) is 11.8 Å². The molecule has 0 amide bonds. The minimum Gasteiger partial charge on any atom is -0.508 e. The highest BCUT2D eigenvalue weighted by atomic mass is 16.4. The Labute approximate surface area is 101 Å². The lowest BCUT2D eigenvalue weighted by molar-refractivity contribution is -0.138. The van der Waals surface area contributed by atoms with E-state index in [1.54, 1.807) is 12.1 Å². The van der Waals surface area contributed by atoms with E-state index < -0.39 is 5.97 Å². The second-order valence-electron chi connectivity index (χ2n) is 4.92. The molecule has 17 heavy (non-hydrogen) atoms. The molecule has 1 aromatic carbocycles. The maximum absolute atomic E-state index is 10.7. The molecule has 1 aromatic rings. The molecule has 1 aliphatic carbocycles. The molecule has 0 spiro atoms. The van der Waals surface area contributed by atoms with E-state index in [1.807, 2.05) is 12.1 Å². The van der Waals surface area contributed by atoms with Crippen molar-refractivity contribution in [3.63, 3.8) is 0 Å². The molecule has 0 bridgehead atoms. The lowest BCUT2D eigenvalue weighted by atomic mass is 9.77. The standard InChI is InChI=1S/C14H18O3/c15-13-6-4-11(5-7-13)12-3-1-2-10(8-12)9-14(16)17/h4-7,10,12,15H,1-3,8-9H2,(H,16,17). The van der Waals surface area contributed by atoms with Crippen molar-refractivity contribution in [2.75, 3.05) is 0 Å². The fourth-order valence-corrected chi connectivity index (χ4v) is 2.77. The van der Waals surface area contributed by atoms with Crippen LogP contribution in [0, 0.1) is 5.92 Å². The van der Waals surface area contributed by atoms with Gasteiger partial charge in [0.05, 0.1) is 0 Å². The fraction of sp³-hybridized carbons (Fsp3) is 0.500. The largest absolute Gasteiger partial charge is 0.508 e. The van der Waals surface area contributed by atoms with Crippen LogP contribution in [0.4, 0.5) is 0 Å². The quantitative estimate of drug-likeness (QED) is 0.844. The van der Waals surface area contributed by atoms with Crippen molar-refractivity contribution >= 4 is 5.97 Å². The Balaban J connectivity index is 2.01. The van der Waals surface area contributed by atoms with Gasteiger partial charge in [-0.15, -0.1) is 0 Å². The van der Waals surface area contributed by atoms with Crippen molar-refractivity contribution in [2.45, 2.75) is 38.0 Å².